The van der Waals surface area contributed by atoms with E-state index in [0.29, 0.717) is 5.92 Å². The number of hydrogen-bond donors (Lipinski definition) is 1. The summed E-state index contributed by atoms with van der Waals surface area (Å²) in [5, 5.41) is 9.90. The monoisotopic (exact) mass is 355 g/mol. The van der Waals surface area contributed by atoms with Gasteiger partial charge in [0.1, 0.15) is 0 Å². The van der Waals surface area contributed by atoms with Crippen LogP contribution in [0.3, 0.4) is 0 Å². The van der Waals surface area contributed by atoms with E-state index in [0.717, 1.165) is 32.1 Å². The quantitative estimate of drug-likeness (QED) is 0.858. The van der Waals surface area contributed by atoms with Crippen molar-refractivity contribution in [3.63, 3.8) is 0 Å². The van der Waals surface area contributed by atoms with Crippen LogP contribution in [0.5, 0.6) is 0 Å². The number of nitrogens with zero attached hydrogens (tertiary/aromatic N) is 1. The van der Waals surface area contributed by atoms with E-state index in [1.165, 1.54) is 56.3 Å². The lowest BCUT2D eigenvalue weighted by Crippen LogP contribution is -2.43. The molecule has 2 saturated heterocycles. The molecule has 1 N–H and O–H groups in total. The predicted molar refractivity (Wildman–Crippen MR) is 106 cm³/mol. The summed E-state index contributed by atoms with van der Waals surface area (Å²) in [6.07, 6.45) is 11.2. The van der Waals surface area contributed by atoms with Crippen molar-refractivity contribution in [1.29, 1.82) is 0 Å². The van der Waals surface area contributed by atoms with Gasteiger partial charge in [-0.1, -0.05) is 42.3 Å². The first-order chi connectivity index (χ1) is 12.8. The lowest BCUT2D eigenvalue weighted by Gasteiger charge is -2.40. The average Bonchev–Trinajstić information content (AvgIpc) is 2.65. The van der Waals surface area contributed by atoms with Crippen LogP contribution in [0.2, 0.25) is 0 Å². The predicted octanol–water partition coefficient (Wildman–Crippen LogP) is 4.22. The van der Waals surface area contributed by atoms with E-state index in [-0.39, 0.29) is 12.5 Å². The summed E-state index contributed by atoms with van der Waals surface area (Å²) >= 11 is 0. The van der Waals surface area contributed by atoms with Crippen LogP contribution in [0.15, 0.2) is 29.8 Å². The number of likely N-dealkylation sites (tertiary alicyclic amines) is 1. The fraction of sp³-hybridized carbons (Fsp3) is 0.652. The van der Waals surface area contributed by atoms with E-state index < -0.39 is 0 Å². The van der Waals surface area contributed by atoms with Crippen LogP contribution in [-0.2, 0) is 4.74 Å². The standard InChI is InChI=1S/C23H33NO2/c25-17-23(21-10-14-26-15-11-21)20-6-4-18(5-7-20)16-19-8-12-24(13-9-19)22-2-1-3-22/h4-7,16,21-23,25H,1-3,8-15,17H2. The van der Waals surface area contributed by atoms with E-state index in [9.17, 15) is 5.11 Å². The normalized spacial score (nSPS) is 24.3. The fourth-order valence-electron chi connectivity index (χ4n) is 4.79. The highest BCUT2D eigenvalue weighted by Gasteiger charge is 2.27. The van der Waals surface area contributed by atoms with Crippen LogP contribution in [0.4, 0.5) is 0 Å². The van der Waals surface area contributed by atoms with Gasteiger partial charge in [-0.3, -0.25) is 4.90 Å². The lowest BCUT2D eigenvalue weighted by atomic mass is 9.81. The molecule has 0 bridgehead atoms. The Balaban J connectivity index is 1.36. The first kappa shape index (κ1) is 18.2. The molecule has 1 aromatic rings. The Kier molecular flexibility index (Phi) is 6.08. The molecular weight excluding hydrogens is 322 g/mol. The zero-order chi connectivity index (χ0) is 17.8. The molecule has 3 aliphatic rings. The van der Waals surface area contributed by atoms with Gasteiger partial charge in [0.05, 0.1) is 6.61 Å². The molecule has 142 valence electrons. The highest BCUT2D eigenvalue weighted by molar-refractivity contribution is 5.54. The zero-order valence-corrected chi connectivity index (χ0v) is 15.9. The summed E-state index contributed by atoms with van der Waals surface area (Å²) in [6, 6.07) is 9.82. The Morgan fingerprint density at radius 1 is 1.04 bits per heavy atom. The van der Waals surface area contributed by atoms with E-state index >= 15 is 0 Å². The van der Waals surface area contributed by atoms with Gasteiger partial charge in [0.25, 0.3) is 0 Å². The molecule has 4 rings (SSSR count). The third-order valence-electron chi connectivity index (χ3n) is 6.80. The lowest BCUT2D eigenvalue weighted by molar-refractivity contribution is 0.0493. The van der Waals surface area contributed by atoms with Gasteiger partial charge in [-0.2, -0.15) is 0 Å². The third-order valence-corrected chi connectivity index (χ3v) is 6.80. The first-order valence-corrected chi connectivity index (χ1v) is 10.6. The van der Waals surface area contributed by atoms with Gasteiger partial charge in [-0.05, 0) is 55.6 Å². The summed E-state index contributed by atoms with van der Waals surface area (Å²) in [4.78, 5) is 2.70. The Labute approximate surface area is 158 Å². The van der Waals surface area contributed by atoms with Crippen LogP contribution in [0.25, 0.3) is 6.08 Å². The molecule has 3 nitrogen and oxygen atoms in total. The molecule has 2 aliphatic heterocycles. The maximum absolute atomic E-state index is 9.90. The summed E-state index contributed by atoms with van der Waals surface area (Å²) in [7, 11) is 0. The SMILES string of the molecule is OCC(c1ccc(C=C2CCN(C3CCC3)CC2)cc1)C1CCOCC1. The van der Waals surface area contributed by atoms with E-state index in [1.807, 2.05) is 0 Å². The Morgan fingerprint density at radius 3 is 2.31 bits per heavy atom. The van der Waals surface area contributed by atoms with E-state index in [4.69, 9.17) is 4.74 Å². The number of piperidine rings is 1. The summed E-state index contributed by atoms with van der Waals surface area (Å²) < 4.78 is 5.47. The first-order valence-electron chi connectivity index (χ1n) is 10.6. The Morgan fingerprint density at radius 2 is 1.73 bits per heavy atom. The molecular formula is C23H33NO2. The minimum atomic E-state index is 0.238. The highest BCUT2D eigenvalue weighted by Crippen LogP contribution is 2.33. The van der Waals surface area contributed by atoms with Crippen LogP contribution >= 0.6 is 0 Å². The molecule has 1 unspecified atom stereocenters. The van der Waals surface area contributed by atoms with Crippen molar-refractivity contribution in [2.24, 2.45) is 5.92 Å². The third kappa shape index (κ3) is 4.21. The number of ether oxygens (including phenoxy) is 1. The van der Waals surface area contributed by atoms with Crippen LogP contribution in [-0.4, -0.2) is 49.0 Å². The smallest absolute Gasteiger partial charge is 0.0502 e. The van der Waals surface area contributed by atoms with Crippen molar-refractivity contribution in [2.45, 2.75) is 56.9 Å². The molecule has 1 saturated carbocycles. The second-order valence-electron chi connectivity index (χ2n) is 8.33. The van der Waals surface area contributed by atoms with Gasteiger partial charge in [0.2, 0.25) is 0 Å². The molecule has 0 spiro atoms. The van der Waals surface area contributed by atoms with Crippen molar-refractivity contribution >= 4 is 6.08 Å². The van der Waals surface area contributed by atoms with Gasteiger partial charge in [-0.25, -0.2) is 0 Å². The van der Waals surface area contributed by atoms with Crippen molar-refractivity contribution in [3.05, 3.63) is 41.0 Å². The molecule has 1 atom stereocenters. The summed E-state index contributed by atoms with van der Waals surface area (Å²) in [6.45, 7) is 4.39. The second kappa shape index (κ2) is 8.69. The van der Waals surface area contributed by atoms with Crippen LogP contribution in [0.1, 0.15) is 62.0 Å². The number of aliphatic hydroxyl groups is 1. The van der Waals surface area contributed by atoms with Crippen molar-refractivity contribution in [1.82, 2.24) is 4.90 Å². The van der Waals surface area contributed by atoms with Crippen molar-refractivity contribution in [3.8, 4) is 0 Å². The molecule has 1 aromatic carbocycles. The summed E-state index contributed by atoms with van der Waals surface area (Å²) in [5.74, 6) is 0.806. The molecule has 3 heteroatoms. The Hall–Kier alpha value is -1.16. The summed E-state index contributed by atoms with van der Waals surface area (Å²) in [5.41, 5.74) is 4.18. The fourth-order valence-corrected chi connectivity index (χ4v) is 4.79. The largest absolute Gasteiger partial charge is 0.396 e. The molecule has 26 heavy (non-hydrogen) atoms. The molecule has 0 radical (unpaired) electrons. The Bertz CT molecular complexity index is 589. The zero-order valence-electron chi connectivity index (χ0n) is 15.9. The van der Waals surface area contributed by atoms with Crippen molar-refractivity contribution in [2.75, 3.05) is 32.9 Å². The van der Waals surface area contributed by atoms with Gasteiger partial charge in [0.15, 0.2) is 0 Å². The van der Waals surface area contributed by atoms with Crippen LogP contribution in [0, 0.1) is 5.92 Å². The minimum Gasteiger partial charge on any atom is -0.396 e. The molecule has 0 amide bonds. The molecule has 3 fully saturated rings. The molecule has 1 aliphatic carbocycles. The van der Waals surface area contributed by atoms with Crippen molar-refractivity contribution < 1.29 is 9.84 Å². The van der Waals surface area contributed by atoms with Gasteiger partial charge < -0.3 is 9.84 Å². The average molecular weight is 356 g/mol. The van der Waals surface area contributed by atoms with Gasteiger partial charge in [0, 0.05) is 38.3 Å². The molecule has 0 aromatic heterocycles. The number of benzene rings is 1. The number of rotatable bonds is 5. The van der Waals surface area contributed by atoms with Gasteiger partial charge >= 0.3 is 0 Å². The van der Waals surface area contributed by atoms with Gasteiger partial charge in [-0.15, -0.1) is 0 Å². The number of aliphatic hydroxyl groups excluding tert-OH is 1. The maximum atomic E-state index is 9.90. The molecule has 2 heterocycles. The highest BCUT2D eigenvalue weighted by atomic mass is 16.5. The van der Waals surface area contributed by atoms with E-state index in [1.54, 1.807) is 5.57 Å². The minimum absolute atomic E-state index is 0.238. The van der Waals surface area contributed by atoms with E-state index in [2.05, 4.69) is 35.2 Å². The second-order valence-corrected chi connectivity index (χ2v) is 8.33. The maximum Gasteiger partial charge on any atom is 0.0502 e. The van der Waals surface area contributed by atoms with Crippen LogP contribution < -0.4 is 0 Å². The topological polar surface area (TPSA) is 32.7 Å². The number of hydrogen-bond acceptors (Lipinski definition) is 3.